The zero-order valence-corrected chi connectivity index (χ0v) is 24.6. The lowest BCUT2D eigenvalue weighted by molar-refractivity contribution is -0.598. The largest absolute Gasteiger partial charge is 1.00 e. The van der Waals surface area contributed by atoms with Crippen LogP contribution in [0.5, 0.6) is 0 Å². The first-order valence-electron chi connectivity index (χ1n) is 9.96. The molecule has 0 aliphatic rings. The predicted octanol–water partition coefficient (Wildman–Crippen LogP) is -5.22. The number of methoxy groups -OCH3 is 1. The molecule has 0 saturated heterocycles. The average molecular weight is 790 g/mol. The number of benzene rings is 4. The van der Waals surface area contributed by atoms with Crippen molar-refractivity contribution in [1.82, 2.24) is 0 Å². The summed E-state index contributed by atoms with van der Waals surface area (Å²) in [6, 6.07) is 34.9. The number of rotatable bonds is 6. The van der Waals surface area contributed by atoms with Crippen LogP contribution in [0.2, 0.25) is 0 Å². The molecule has 0 aromatic heterocycles. The Morgan fingerprint density at radius 1 is 0.618 bits per heavy atom. The fraction of sp³-hybridized carbons (Fsp3) is 0.0370. The van der Waals surface area contributed by atoms with E-state index in [0.717, 1.165) is 7.14 Å². The molecule has 0 amide bonds. The molecule has 0 unspecified atom stereocenters. The van der Waals surface area contributed by atoms with E-state index in [1.165, 1.54) is 14.3 Å². The Labute approximate surface area is 237 Å². The van der Waals surface area contributed by atoms with Gasteiger partial charge in [-0.3, -0.25) is 0 Å². The number of carbonyl (C=O) groups is 2. The molecule has 0 fully saturated rings. The Morgan fingerprint density at radius 3 is 1.44 bits per heavy atom. The Kier molecular flexibility index (Phi) is 12.5. The van der Waals surface area contributed by atoms with Crippen molar-refractivity contribution >= 4 is 11.9 Å². The van der Waals surface area contributed by atoms with Crippen molar-refractivity contribution in [2.24, 2.45) is 0 Å². The first-order valence-corrected chi connectivity index (χ1v) is 14.3. The summed E-state index contributed by atoms with van der Waals surface area (Å²) >= 11 is -0.781. The van der Waals surface area contributed by atoms with Crippen LogP contribution in [-0.4, -0.2) is 19.0 Å². The van der Waals surface area contributed by atoms with Crippen LogP contribution in [-0.2, 0) is 4.74 Å². The van der Waals surface area contributed by atoms with Gasteiger partial charge in [0.05, 0.1) is 18.6 Å². The molecule has 7 heteroatoms. The van der Waals surface area contributed by atoms with Crippen molar-refractivity contribution in [3.05, 3.63) is 135 Å². The minimum Gasteiger partial charge on any atom is -1.00 e. The van der Waals surface area contributed by atoms with Gasteiger partial charge in [-0.1, -0.05) is 60.7 Å². The third-order valence-electron chi connectivity index (χ3n) is 4.26. The third kappa shape index (κ3) is 8.66. The van der Waals surface area contributed by atoms with E-state index in [1.807, 2.05) is 84.9 Å². The number of carboxylic acids is 1. The SMILES string of the molecule is COC(=O)c1ccccc1[I+]c1ccccc1.O=C([O-])c1ccccc1[I+]c1ccccc1.[I-]. The van der Waals surface area contributed by atoms with Gasteiger partial charge in [-0.2, -0.15) is 0 Å². The molecule has 0 saturated carbocycles. The summed E-state index contributed by atoms with van der Waals surface area (Å²) in [5, 5.41) is 10.9. The molecule has 4 aromatic rings. The first-order chi connectivity index (χ1) is 16.1. The molecule has 0 spiro atoms. The quantitative estimate of drug-likeness (QED) is 0.145. The summed E-state index contributed by atoms with van der Waals surface area (Å²) in [7, 11) is 1.42. The Bertz CT molecular complexity index is 1200. The maximum Gasteiger partial charge on any atom is 0.358 e. The van der Waals surface area contributed by atoms with Gasteiger partial charge in [0.2, 0.25) is 7.14 Å². The number of ether oxygens (including phenoxy) is 1. The van der Waals surface area contributed by atoms with Crippen LogP contribution in [0.3, 0.4) is 0 Å². The smallest absolute Gasteiger partial charge is 0.358 e. The molecule has 0 bridgehead atoms. The van der Waals surface area contributed by atoms with Crippen LogP contribution in [0, 0.1) is 14.3 Å². The van der Waals surface area contributed by atoms with Gasteiger partial charge in [0, 0.05) is 0 Å². The predicted molar refractivity (Wildman–Crippen MR) is 116 cm³/mol. The Balaban J connectivity index is 0.000000234. The number of hydrogen-bond donors (Lipinski definition) is 0. The van der Waals surface area contributed by atoms with Gasteiger partial charge in [0.15, 0.2) is 7.14 Å². The third-order valence-corrected chi connectivity index (χ3v) is 9.99. The van der Waals surface area contributed by atoms with Crippen molar-refractivity contribution < 1.29 is 85.8 Å². The summed E-state index contributed by atoms with van der Waals surface area (Å²) in [6.45, 7) is 0. The van der Waals surface area contributed by atoms with Crippen LogP contribution in [0.4, 0.5) is 0 Å². The molecule has 0 heterocycles. The van der Waals surface area contributed by atoms with Crippen LogP contribution in [0.1, 0.15) is 20.7 Å². The number of carbonyl (C=O) groups excluding carboxylic acids is 2. The van der Waals surface area contributed by atoms with Gasteiger partial charge >= 0.3 is 48.4 Å². The number of carboxylic acid groups (broad SMARTS) is 1. The minimum absolute atomic E-state index is 0. The zero-order valence-electron chi connectivity index (χ0n) is 18.2. The van der Waals surface area contributed by atoms with E-state index in [0.29, 0.717) is 11.1 Å². The molecule has 4 nitrogen and oxygen atoms in total. The van der Waals surface area contributed by atoms with Gasteiger partial charge < -0.3 is 38.6 Å². The van der Waals surface area contributed by atoms with Crippen molar-refractivity contribution in [3.8, 4) is 0 Å². The second-order valence-electron chi connectivity index (χ2n) is 6.52. The van der Waals surface area contributed by atoms with Crippen molar-refractivity contribution in [2.75, 3.05) is 7.11 Å². The van der Waals surface area contributed by atoms with Crippen LogP contribution >= 0.6 is 0 Å². The zero-order chi connectivity index (χ0) is 23.5. The molecular formula is C27H21I3O4. The number of esters is 1. The second-order valence-corrected chi connectivity index (χ2v) is 12.4. The molecule has 174 valence electrons. The topological polar surface area (TPSA) is 66.4 Å². The van der Waals surface area contributed by atoms with Gasteiger partial charge in [-0.15, -0.1) is 0 Å². The molecule has 0 N–H and O–H groups in total. The Morgan fingerprint density at radius 2 is 1.00 bits per heavy atom. The molecule has 0 aliphatic heterocycles. The first kappa shape index (κ1) is 28.2. The van der Waals surface area contributed by atoms with Crippen LogP contribution in [0.25, 0.3) is 0 Å². The van der Waals surface area contributed by atoms with Gasteiger partial charge in [-0.05, 0) is 48.5 Å². The van der Waals surface area contributed by atoms with Gasteiger partial charge in [0.25, 0.3) is 0 Å². The highest BCUT2D eigenvalue weighted by molar-refractivity contribution is 5.88. The van der Waals surface area contributed by atoms with Crippen LogP contribution < -0.4 is 71.5 Å². The van der Waals surface area contributed by atoms with Gasteiger partial charge in [0.1, 0.15) is 5.56 Å². The second kappa shape index (κ2) is 15.1. The number of aromatic carboxylic acids is 1. The maximum absolute atomic E-state index is 11.6. The standard InChI is InChI=1S/C14H12IO2.C13H9IO2.HI/c1-17-14(16)12-9-5-6-10-13(12)15-11-7-3-2-4-8-11;15-13(16)11-8-4-5-9-12(11)14-10-6-2-1-3-7-10;/h2-10H,1H3;1-9H;1H/q+1;;/p-1. The molecule has 0 atom stereocenters. The minimum atomic E-state index is -1.09. The van der Waals surface area contributed by atoms with E-state index in [4.69, 9.17) is 4.74 Å². The average Bonchev–Trinajstić information content (AvgIpc) is 2.86. The summed E-state index contributed by atoms with van der Waals surface area (Å²) < 4.78 is 9.29. The van der Waals surface area contributed by atoms with Crippen molar-refractivity contribution in [2.45, 2.75) is 0 Å². The molecular weight excluding hydrogens is 769 g/mol. The highest BCUT2D eigenvalue weighted by atomic mass is 127. The summed E-state index contributed by atoms with van der Waals surface area (Å²) in [5.41, 5.74) is 1.01. The van der Waals surface area contributed by atoms with Crippen molar-refractivity contribution in [1.29, 1.82) is 0 Å². The van der Waals surface area contributed by atoms with E-state index >= 15 is 0 Å². The van der Waals surface area contributed by atoms with E-state index < -0.39 is 27.2 Å². The van der Waals surface area contributed by atoms with Crippen molar-refractivity contribution in [3.63, 3.8) is 0 Å². The molecule has 4 aromatic carbocycles. The molecule has 4 rings (SSSR count). The fourth-order valence-electron chi connectivity index (χ4n) is 2.72. The lowest BCUT2D eigenvalue weighted by Gasteiger charge is -2.00. The van der Waals surface area contributed by atoms with Gasteiger partial charge in [-0.25, -0.2) is 4.79 Å². The Hall–Kier alpha value is -1.99. The highest BCUT2D eigenvalue weighted by Crippen LogP contribution is 2.00. The number of halogens is 3. The monoisotopic (exact) mass is 790 g/mol. The lowest BCUT2D eigenvalue weighted by atomic mass is 10.2. The van der Waals surface area contributed by atoms with E-state index in [-0.39, 0.29) is 51.2 Å². The lowest BCUT2D eigenvalue weighted by Crippen LogP contribution is -3.61. The summed E-state index contributed by atoms with van der Waals surface area (Å²) in [5.74, 6) is -1.34. The molecule has 0 radical (unpaired) electrons. The normalized spacial score (nSPS) is 9.68. The highest BCUT2D eigenvalue weighted by Gasteiger charge is 2.23. The van der Waals surface area contributed by atoms with E-state index in [1.54, 1.807) is 12.1 Å². The fourth-order valence-corrected chi connectivity index (χ4v) is 7.77. The van der Waals surface area contributed by atoms with E-state index in [9.17, 15) is 14.7 Å². The summed E-state index contributed by atoms with van der Waals surface area (Å²) in [4.78, 5) is 22.5. The molecule has 0 aliphatic carbocycles. The number of hydrogen-bond acceptors (Lipinski definition) is 4. The van der Waals surface area contributed by atoms with Crippen LogP contribution in [0.15, 0.2) is 109 Å². The maximum atomic E-state index is 11.6. The van der Waals surface area contributed by atoms with E-state index in [2.05, 4.69) is 12.1 Å². The summed E-state index contributed by atoms with van der Waals surface area (Å²) in [6.07, 6.45) is 0. The molecule has 34 heavy (non-hydrogen) atoms.